The maximum Gasteiger partial charge on any atom is 0.450 e. The first kappa shape index (κ1) is 10.8. The lowest BCUT2D eigenvalue weighted by Gasteiger charge is -1.93. The highest BCUT2D eigenvalue weighted by Crippen LogP contribution is 2.10. The molecule has 0 aromatic carbocycles. The third kappa shape index (κ3) is 6.23. The van der Waals surface area contributed by atoms with Crippen LogP contribution in [0.5, 0.6) is 0 Å². The first-order valence-corrected chi connectivity index (χ1v) is 5.28. The van der Waals surface area contributed by atoms with E-state index >= 15 is 0 Å². The summed E-state index contributed by atoms with van der Waals surface area (Å²) >= 11 is 2.20. The summed E-state index contributed by atoms with van der Waals surface area (Å²) in [6.07, 6.45) is 2.23. The zero-order valence-electron chi connectivity index (χ0n) is 6.55. The fraction of sp³-hybridized carbons (Fsp3) is 0.571. The molecule has 0 radical (unpaired) electrons. The molecule has 0 rings (SSSR count). The van der Waals surface area contributed by atoms with Crippen LogP contribution in [0.1, 0.15) is 13.8 Å². The van der Waals surface area contributed by atoms with E-state index in [2.05, 4.69) is 6.08 Å². The van der Waals surface area contributed by atoms with E-state index < -0.39 is 0 Å². The number of carbonyl (C=O) groups excluding carboxylic acids is 1. The van der Waals surface area contributed by atoms with Crippen molar-refractivity contribution >= 4 is 28.6 Å². The molecule has 4 heteroatoms. The average Bonchev–Trinajstić information content (AvgIpc) is 1.87. The number of hydrogen-bond donors (Lipinski definition) is 0. The number of thioether (sulfide) groups is 2. The van der Waals surface area contributed by atoms with Gasteiger partial charge in [0.05, 0.1) is 0 Å². The van der Waals surface area contributed by atoms with Crippen LogP contribution in [0.2, 0.25) is 0 Å². The van der Waals surface area contributed by atoms with Gasteiger partial charge in [0.1, 0.15) is 0 Å². The molecule has 0 atom stereocenters. The molecule has 0 aliphatic carbocycles. The average molecular weight is 190 g/mol. The lowest BCUT2D eigenvalue weighted by molar-refractivity contribution is -0.285. The molecule has 0 saturated heterocycles. The van der Waals surface area contributed by atoms with Crippen LogP contribution >= 0.6 is 23.5 Å². The number of rotatable bonds is 4. The number of hydrogen-bond acceptors (Lipinski definition) is 4. The fourth-order valence-corrected chi connectivity index (χ4v) is 1.34. The molecule has 11 heavy (non-hydrogen) atoms. The van der Waals surface area contributed by atoms with Crippen LogP contribution in [0.3, 0.4) is 0 Å². The Morgan fingerprint density at radius 1 is 1.36 bits per heavy atom. The van der Waals surface area contributed by atoms with Gasteiger partial charge in [0.25, 0.3) is 0 Å². The van der Waals surface area contributed by atoms with Crippen molar-refractivity contribution in [3.8, 4) is 0 Å². The molecular formula is C7H10O2S2. The second kappa shape index (κ2) is 6.53. The van der Waals surface area contributed by atoms with E-state index in [1.54, 1.807) is 0 Å². The van der Waals surface area contributed by atoms with Crippen LogP contribution < -0.4 is 5.11 Å². The summed E-state index contributed by atoms with van der Waals surface area (Å²) in [5.74, 6) is 1.38. The second-order valence-electron chi connectivity index (χ2n) is 1.57. The van der Waals surface area contributed by atoms with E-state index in [9.17, 15) is 9.90 Å². The first-order valence-electron chi connectivity index (χ1n) is 3.31. The van der Waals surface area contributed by atoms with Crippen molar-refractivity contribution in [2.24, 2.45) is 0 Å². The van der Waals surface area contributed by atoms with Crippen molar-refractivity contribution in [2.75, 3.05) is 11.5 Å². The minimum absolute atomic E-state index is 0.265. The van der Waals surface area contributed by atoms with Gasteiger partial charge in [-0.2, -0.15) is 0 Å². The van der Waals surface area contributed by atoms with Crippen LogP contribution in [0.4, 0.5) is 0 Å². The Hall–Kier alpha value is -0.180. The SMILES string of the molecule is CCSC(=O)[C+]=C([O-])SCC. The Morgan fingerprint density at radius 3 is 2.36 bits per heavy atom. The molecule has 2 nitrogen and oxygen atoms in total. The molecule has 0 aliphatic heterocycles. The van der Waals surface area contributed by atoms with Crippen molar-refractivity contribution in [3.05, 3.63) is 11.2 Å². The van der Waals surface area contributed by atoms with Gasteiger partial charge in [-0.05, 0) is 17.5 Å². The maximum absolute atomic E-state index is 10.7. The summed E-state index contributed by atoms with van der Waals surface area (Å²) in [6, 6.07) is 0. The monoisotopic (exact) mass is 190 g/mol. The van der Waals surface area contributed by atoms with Gasteiger partial charge in [-0.3, -0.25) is 0 Å². The van der Waals surface area contributed by atoms with E-state index in [-0.39, 0.29) is 10.2 Å². The maximum atomic E-state index is 10.7. The van der Waals surface area contributed by atoms with Crippen LogP contribution in [-0.4, -0.2) is 16.6 Å². The zero-order chi connectivity index (χ0) is 8.69. The molecule has 0 aliphatic rings. The summed E-state index contributed by atoms with van der Waals surface area (Å²) in [6.45, 7) is 3.73. The molecule has 0 saturated carbocycles. The van der Waals surface area contributed by atoms with E-state index in [0.717, 1.165) is 23.5 Å². The third-order valence-electron chi connectivity index (χ3n) is 0.755. The molecule has 0 N–H and O–H groups in total. The van der Waals surface area contributed by atoms with Gasteiger partial charge in [-0.15, -0.1) is 0 Å². The van der Waals surface area contributed by atoms with Gasteiger partial charge < -0.3 is 5.11 Å². The Morgan fingerprint density at radius 2 is 1.91 bits per heavy atom. The predicted octanol–water partition coefficient (Wildman–Crippen LogP) is 1.02. The Balaban J connectivity index is 3.76. The Bertz CT molecular complexity index is 155. The molecule has 0 fully saturated rings. The van der Waals surface area contributed by atoms with Crippen molar-refractivity contribution in [1.82, 2.24) is 0 Å². The van der Waals surface area contributed by atoms with Crippen LogP contribution in [0.15, 0.2) is 5.09 Å². The quantitative estimate of drug-likeness (QED) is 0.377. The van der Waals surface area contributed by atoms with Crippen molar-refractivity contribution < 1.29 is 9.90 Å². The zero-order valence-corrected chi connectivity index (χ0v) is 8.18. The van der Waals surface area contributed by atoms with Gasteiger partial charge >= 0.3 is 11.2 Å². The number of carbonyl (C=O) groups is 1. The second-order valence-corrected chi connectivity index (χ2v) is 4.04. The molecule has 0 aromatic rings. The van der Waals surface area contributed by atoms with Crippen molar-refractivity contribution in [2.45, 2.75) is 13.8 Å². The lowest BCUT2D eigenvalue weighted by atomic mass is 10.7. The minimum Gasteiger partial charge on any atom is -0.827 e. The molecule has 0 aromatic heterocycles. The molecule has 0 unspecified atom stereocenters. The van der Waals surface area contributed by atoms with Crippen molar-refractivity contribution in [1.29, 1.82) is 0 Å². The van der Waals surface area contributed by atoms with Crippen LogP contribution in [0, 0.1) is 6.08 Å². The molecule has 0 amide bonds. The third-order valence-corrected chi connectivity index (χ3v) is 2.06. The highest BCUT2D eigenvalue weighted by atomic mass is 32.2. The molecule has 62 valence electrons. The fourth-order valence-electron chi connectivity index (χ4n) is 0.418. The molecule has 0 spiro atoms. The summed E-state index contributed by atoms with van der Waals surface area (Å²) in [4.78, 5) is 10.7. The standard InChI is InChI=1S/C7H10O2S2/c1-3-10-6(8)5-7(9)11-4-2/h3-4H2,1-2H3. The Labute approximate surface area is 75.4 Å². The van der Waals surface area contributed by atoms with Gasteiger partial charge in [-0.1, -0.05) is 25.6 Å². The summed E-state index contributed by atoms with van der Waals surface area (Å²) in [5.41, 5.74) is 0. The van der Waals surface area contributed by atoms with E-state index in [1.807, 2.05) is 13.8 Å². The minimum atomic E-state index is -0.265. The molecular weight excluding hydrogens is 180 g/mol. The van der Waals surface area contributed by atoms with Gasteiger partial charge in [0.2, 0.25) is 0 Å². The molecule has 0 heterocycles. The van der Waals surface area contributed by atoms with E-state index in [4.69, 9.17) is 0 Å². The topological polar surface area (TPSA) is 40.1 Å². The van der Waals surface area contributed by atoms with Crippen LogP contribution in [0.25, 0.3) is 0 Å². The first-order chi connectivity index (χ1) is 5.20. The lowest BCUT2D eigenvalue weighted by Crippen LogP contribution is -2.02. The molecule has 0 bridgehead atoms. The van der Waals surface area contributed by atoms with Gasteiger partial charge in [-0.25, -0.2) is 4.79 Å². The highest BCUT2D eigenvalue weighted by molar-refractivity contribution is 8.14. The summed E-state index contributed by atoms with van der Waals surface area (Å²) in [5, 5.41) is 10.2. The van der Waals surface area contributed by atoms with Crippen molar-refractivity contribution in [3.63, 3.8) is 0 Å². The summed E-state index contributed by atoms with van der Waals surface area (Å²) < 4.78 is 0. The smallest absolute Gasteiger partial charge is 0.450 e. The van der Waals surface area contributed by atoms with E-state index in [0.29, 0.717) is 11.5 Å². The summed E-state index contributed by atoms with van der Waals surface area (Å²) in [7, 11) is 0. The van der Waals surface area contributed by atoms with Gasteiger partial charge in [0.15, 0.2) is 5.09 Å². The highest BCUT2D eigenvalue weighted by Gasteiger charge is 2.12. The predicted molar refractivity (Wildman–Crippen MR) is 48.0 cm³/mol. The van der Waals surface area contributed by atoms with Gasteiger partial charge in [0, 0.05) is 5.75 Å². The Kier molecular flexibility index (Phi) is 6.42. The normalized spacial score (nSPS) is 10.9. The van der Waals surface area contributed by atoms with E-state index in [1.165, 1.54) is 0 Å². The van der Waals surface area contributed by atoms with Crippen LogP contribution in [-0.2, 0) is 4.79 Å². The largest absolute Gasteiger partial charge is 0.827 e.